The molecule has 0 amide bonds. The molecule has 1 aromatic rings. The number of nitrogens with zero attached hydrogens (tertiary/aromatic N) is 1. The predicted molar refractivity (Wildman–Crippen MR) is 74.7 cm³/mol. The first kappa shape index (κ1) is 13.5. The molecule has 2 N–H and O–H groups in total. The molecular weight excluding hydrogens is 224 g/mol. The normalized spacial score (nSPS) is 22.3. The minimum atomic E-state index is 0.324. The zero-order valence-electron chi connectivity index (χ0n) is 11.6. The Morgan fingerprint density at radius 3 is 2.83 bits per heavy atom. The van der Waals surface area contributed by atoms with Gasteiger partial charge in [0, 0.05) is 32.8 Å². The van der Waals surface area contributed by atoms with Crippen LogP contribution in [0.4, 0.5) is 0 Å². The number of benzene rings is 1. The van der Waals surface area contributed by atoms with E-state index in [1.165, 1.54) is 16.7 Å². The van der Waals surface area contributed by atoms with Gasteiger partial charge in [0.05, 0.1) is 6.10 Å². The molecule has 2 rings (SSSR count). The van der Waals surface area contributed by atoms with Crippen molar-refractivity contribution in [3.63, 3.8) is 0 Å². The molecule has 1 aliphatic rings. The lowest BCUT2D eigenvalue weighted by Crippen LogP contribution is -2.33. The predicted octanol–water partition coefficient (Wildman–Crippen LogP) is 2.02. The molecule has 1 heterocycles. The summed E-state index contributed by atoms with van der Waals surface area (Å²) in [6.07, 6.45) is 1.47. The Morgan fingerprint density at radius 1 is 1.44 bits per heavy atom. The van der Waals surface area contributed by atoms with Gasteiger partial charge in [-0.05, 0) is 37.0 Å². The van der Waals surface area contributed by atoms with E-state index in [4.69, 9.17) is 10.5 Å². The molecule has 1 fully saturated rings. The second-order valence-electron chi connectivity index (χ2n) is 5.18. The van der Waals surface area contributed by atoms with E-state index in [0.717, 1.165) is 19.5 Å². The Kier molecular flexibility index (Phi) is 4.38. The highest BCUT2D eigenvalue weighted by atomic mass is 16.5. The number of methoxy groups -OCH3 is 1. The zero-order valence-corrected chi connectivity index (χ0v) is 11.6. The van der Waals surface area contributed by atoms with E-state index in [1.54, 1.807) is 7.11 Å². The molecule has 0 radical (unpaired) electrons. The van der Waals surface area contributed by atoms with Gasteiger partial charge in [0.1, 0.15) is 0 Å². The topological polar surface area (TPSA) is 38.5 Å². The third-order valence-electron chi connectivity index (χ3n) is 4.18. The van der Waals surface area contributed by atoms with E-state index in [1.807, 2.05) is 0 Å². The molecular formula is C15H24N2O. The fraction of sp³-hybridized carbons (Fsp3) is 0.600. The van der Waals surface area contributed by atoms with E-state index in [-0.39, 0.29) is 0 Å². The summed E-state index contributed by atoms with van der Waals surface area (Å²) in [7, 11) is 1.80. The SMILES string of the molecule is COC1CCN(C(CN)c2cccc(C)c2C)C1. The molecule has 0 saturated carbocycles. The van der Waals surface area contributed by atoms with Crippen molar-refractivity contribution < 1.29 is 4.74 Å². The van der Waals surface area contributed by atoms with Crippen molar-refractivity contribution >= 4 is 0 Å². The maximum Gasteiger partial charge on any atom is 0.0710 e. The summed E-state index contributed by atoms with van der Waals surface area (Å²) in [6, 6.07) is 6.82. The van der Waals surface area contributed by atoms with Crippen LogP contribution in [0.5, 0.6) is 0 Å². The average molecular weight is 248 g/mol. The fourth-order valence-corrected chi connectivity index (χ4v) is 2.84. The van der Waals surface area contributed by atoms with Crippen molar-refractivity contribution in [2.75, 3.05) is 26.7 Å². The zero-order chi connectivity index (χ0) is 13.1. The minimum Gasteiger partial charge on any atom is -0.380 e. The highest BCUT2D eigenvalue weighted by molar-refractivity contribution is 5.35. The van der Waals surface area contributed by atoms with Crippen LogP contribution in [0.1, 0.15) is 29.2 Å². The Balaban J connectivity index is 2.21. The molecule has 0 bridgehead atoms. The monoisotopic (exact) mass is 248 g/mol. The summed E-state index contributed by atoms with van der Waals surface area (Å²) in [5.74, 6) is 0. The van der Waals surface area contributed by atoms with Gasteiger partial charge in [-0.3, -0.25) is 4.90 Å². The summed E-state index contributed by atoms with van der Waals surface area (Å²) in [5, 5.41) is 0. The quantitative estimate of drug-likeness (QED) is 0.886. The van der Waals surface area contributed by atoms with Crippen LogP contribution in [-0.2, 0) is 4.74 Å². The van der Waals surface area contributed by atoms with Gasteiger partial charge in [-0.25, -0.2) is 0 Å². The molecule has 3 heteroatoms. The van der Waals surface area contributed by atoms with Crippen LogP contribution in [0.25, 0.3) is 0 Å². The third-order valence-corrected chi connectivity index (χ3v) is 4.18. The molecule has 3 nitrogen and oxygen atoms in total. The standard InChI is InChI=1S/C15H24N2O/c1-11-5-4-6-14(12(11)2)15(9-16)17-8-7-13(10-17)18-3/h4-6,13,15H,7-10,16H2,1-3H3. The van der Waals surface area contributed by atoms with E-state index in [0.29, 0.717) is 18.7 Å². The number of hydrogen-bond acceptors (Lipinski definition) is 3. The molecule has 2 atom stereocenters. The van der Waals surface area contributed by atoms with Gasteiger partial charge in [-0.15, -0.1) is 0 Å². The maximum atomic E-state index is 6.01. The van der Waals surface area contributed by atoms with Crippen molar-refractivity contribution in [3.05, 3.63) is 34.9 Å². The number of hydrogen-bond donors (Lipinski definition) is 1. The average Bonchev–Trinajstić information content (AvgIpc) is 2.84. The minimum absolute atomic E-state index is 0.324. The lowest BCUT2D eigenvalue weighted by atomic mass is 9.96. The summed E-state index contributed by atoms with van der Waals surface area (Å²) >= 11 is 0. The van der Waals surface area contributed by atoms with Gasteiger partial charge in [-0.1, -0.05) is 18.2 Å². The number of nitrogens with two attached hydrogens (primary N) is 1. The first-order chi connectivity index (χ1) is 8.67. The molecule has 0 aromatic heterocycles. The molecule has 0 spiro atoms. The molecule has 1 saturated heterocycles. The van der Waals surface area contributed by atoms with Gasteiger partial charge in [0.25, 0.3) is 0 Å². The van der Waals surface area contributed by atoms with Crippen LogP contribution in [0, 0.1) is 13.8 Å². The Labute approximate surface area is 110 Å². The largest absolute Gasteiger partial charge is 0.380 e. The van der Waals surface area contributed by atoms with Crippen LogP contribution in [0.3, 0.4) is 0 Å². The van der Waals surface area contributed by atoms with Crippen LogP contribution in [0.2, 0.25) is 0 Å². The lowest BCUT2D eigenvalue weighted by molar-refractivity contribution is 0.101. The van der Waals surface area contributed by atoms with Crippen LogP contribution in [-0.4, -0.2) is 37.7 Å². The van der Waals surface area contributed by atoms with Gasteiger partial charge >= 0.3 is 0 Å². The number of ether oxygens (including phenoxy) is 1. The third kappa shape index (κ3) is 2.58. The van der Waals surface area contributed by atoms with Crippen molar-refractivity contribution in [1.82, 2.24) is 4.90 Å². The van der Waals surface area contributed by atoms with Gasteiger partial charge < -0.3 is 10.5 Å². The van der Waals surface area contributed by atoms with Crippen molar-refractivity contribution in [3.8, 4) is 0 Å². The summed E-state index contributed by atoms with van der Waals surface area (Å²) < 4.78 is 5.44. The molecule has 2 unspecified atom stereocenters. The van der Waals surface area contributed by atoms with Crippen molar-refractivity contribution in [2.24, 2.45) is 5.73 Å². The van der Waals surface area contributed by atoms with E-state index < -0.39 is 0 Å². The number of rotatable bonds is 4. The van der Waals surface area contributed by atoms with Gasteiger partial charge in [0.2, 0.25) is 0 Å². The fourth-order valence-electron chi connectivity index (χ4n) is 2.84. The first-order valence-corrected chi connectivity index (χ1v) is 6.70. The molecule has 1 aliphatic heterocycles. The Morgan fingerprint density at radius 2 is 2.22 bits per heavy atom. The Bertz CT molecular complexity index is 405. The summed E-state index contributed by atoms with van der Waals surface area (Å²) in [4.78, 5) is 2.45. The lowest BCUT2D eigenvalue weighted by Gasteiger charge is -2.28. The van der Waals surface area contributed by atoms with Crippen LogP contribution < -0.4 is 5.73 Å². The molecule has 100 valence electrons. The second-order valence-corrected chi connectivity index (χ2v) is 5.18. The first-order valence-electron chi connectivity index (χ1n) is 6.70. The van der Waals surface area contributed by atoms with Crippen LogP contribution in [0.15, 0.2) is 18.2 Å². The number of likely N-dealkylation sites (tertiary alicyclic amines) is 1. The van der Waals surface area contributed by atoms with E-state index in [9.17, 15) is 0 Å². The van der Waals surface area contributed by atoms with E-state index >= 15 is 0 Å². The molecule has 18 heavy (non-hydrogen) atoms. The van der Waals surface area contributed by atoms with Crippen LogP contribution >= 0.6 is 0 Å². The van der Waals surface area contributed by atoms with Gasteiger partial charge in [0.15, 0.2) is 0 Å². The Hall–Kier alpha value is -0.900. The highest BCUT2D eigenvalue weighted by Gasteiger charge is 2.29. The van der Waals surface area contributed by atoms with Crippen molar-refractivity contribution in [2.45, 2.75) is 32.4 Å². The second kappa shape index (κ2) is 5.83. The van der Waals surface area contributed by atoms with Crippen molar-refractivity contribution in [1.29, 1.82) is 0 Å². The smallest absolute Gasteiger partial charge is 0.0710 e. The highest BCUT2D eigenvalue weighted by Crippen LogP contribution is 2.28. The van der Waals surface area contributed by atoms with E-state index in [2.05, 4.69) is 36.9 Å². The summed E-state index contributed by atoms with van der Waals surface area (Å²) in [5.41, 5.74) is 10.1. The van der Waals surface area contributed by atoms with Gasteiger partial charge in [-0.2, -0.15) is 0 Å². The number of aryl methyl sites for hydroxylation is 1. The molecule has 1 aromatic carbocycles. The molecule has 0 aliphatic carbocycles. The maximum absolute atomic E-state index is 6.01. The summed E-state index contributed by atoms with van der Waals surface area (Å²) in [6.45, 7) is 7.09.